The van der Waals surface area contributed by atoms with Gasteiger partial charge in [-0.1, -0.05) is 118 Å². The van der Waals surface area contributed by atoms with Crippen LogP contribution in [0.25, 0.3) is 0 Å². The zero-order chi connectivity index (χ0) is 35.3. The van der Waals surface area contributed by atoms with E-state index in [0.29, 0.717) is 5.56 Å². The number of anilines is 1. The van der Waals surface area contributed by atoms with Crippen molar-refractivity contribution in [2.75, 3.05) is 11.9 Å². The number of carbonyl (C=O) groups is 2. The topological polar surface area (TPSA) is 99.5 Å². The minimum atomic E-state index is -3.03. The van der Waals surface area contributed by atoms with E-state index >= 15 is 4.39 Å². The van der Waals surface area contributed by atoms with Crippen LogP contribution in [0, 0.1) is 0 Å². The molecule has 0 unspecified atom stereocenters. The normalized spacial score (nSPS) is 19.1. The van der Waals surface area contributed by atoms with Crippen molar-refractivity contribution < 1.29 is 23.1 Å². The number of ether oxygens (including phenoxy) is 1. The Morgan fingerprint density at radius 1 is 0.820 bits per heavy atom. The predicted molar refractivity (Wildman–Crippen MR) is 197 cm³/mol. The van der Waals surface area contributed by atoms with Gasteiger partial charge in [-0.15, -0.1) is 11.8 Å². The van der Waals surface area contributed by atoms with Crippen molar-refractivity contribution in [2.45, 2.75) is 48.7 Å². The Morgan fingerprint density at radius 3 is 1.86 bits per heavy atom. The Kier molecular flexibility index (Phi) is 10.5. The fourth-order valence-corrected chi connectivity index (χ4v) is 12.5. The first-order valence-corrected chi connectivity index (χ1v) is 19.2. The number of hydrogen-bond acceptors (Lipinski definition) is 7. The lowest BCUT2D eigenvalue weighted by atomic mass is 10.1. The summed E-state index contributed by atoms with van der Waals surface area (Å²) in [4.78, 5) is 43.4. The summed E-state index contributed by atoms with van der Waals surface area (Å²) in [5.74, 6) is -1.06. The minimum absolute atomic E-state index is 0.0390. The van der Waals surface area contributed by atoms with Crippen LogP contribution in [0.5, 0.6) is 0 Å². The molecule has 0 bridgehead atoms. The molecule has 50 heavy (non-hydrogen) atoms. The highest BCUT2D eigenvalue weighted by atomic mass is 32.2. The standard InChI is InChI=1S/C39H38FN3O5SSi/c1-39(2,3)50(29-20-12-6-13-21-29,30-22-14-7-15-23-30)47-26-31-34(48-37(45)28-18-10-5-11-19-28)33(40)36(49-31)43-25-24-32(42-38(43)46)41-35(44)27-16-8-4-9-17-27/h4-25,31,33-34,36H,26H2,1-3H3,(H,41,42,44,46)/t31-,33+,34-,36-/m1/s1. The van der Waals surface area contributed by atoms with E-state index in [1.165, 1.54) is 28.6 Å². The van der Waals surface area contributed by atoms with E-state index in [9.17, 15) is 14.4 Å². The second-order valence-electron chi connectivity index (χ2n) is 13.0. The third-order valence-electron chi connectivity index (χ3n) is 8.78. The fourth-order valence-electron chi connectivity index (χ4n) is 6.38. The van der Waals surface area contributed by atoms with Crippen LogP contribution in [-0.2, 0) is 9.16 Å². The number of rotatable bonds is 10. The Balaban J connectivity index is 1.32. The smallest absolute Gasteiger partial charge is 0.350 e. The van der Waals surface area contributed by atoms with E-state index in [0.717, 1.165) is 10.4 Å². The van der Waals surface area contributed by atoms with Crippen molar-refractivity contribution in [3.63, 3.8) is 0 Å². The zero-order valence-electron chi connectivity index (χ0n) is 27.9. The molecule has 1 N–H and O–H groups in total. The van der Waals surface area contributed by atoms with E-state index in [1.54, 1.807) is 60.7 Å². The van der Waals surface area contributed by atoms with Crippen LogP contribution in [0.1, 0.15) is 46.9 Å². The summed E-state index contributed by atoms with van der Waals surface area (Å²) < 4.78 is 30.9. The Hall–Kier alpha value is -4.84. The second kappa shape index (κ2) is 15.0. The second-order valence-corrected chi connectivity index (χ2v) is 18.7. The van der Waals surface area contributed by atoms with Gasteiger partial charge in [0.05, 0.1) is 17.4 Å². The molecule has 1 aliphatic heterocycles. The molecule has 1 amide bonds. The maximum atomic E-state index is 16.7. The van der Waals surface area contributed by atoms with Crippen molar-refractivity contribution in [1.29, 1.82) is 0 Å². The number of amides is 1. The first-order valence-electron chi connectivity index (χ1n) is 16.3. The van der Waals surface area contributed by atoms with Crippen molar-refractivity contribution in [2.24, 2.45) is 0 Å². The van der Waals surface area contributed by atoms with Gasteiger partial charge >= 0.3 is 11.7 Å². The van der Waals surface area contributed by atoms with Crippen molar-refractivity contribution in [3.8, 4) is 0 Å². The number of nitrogens with one attached hydrogen (secondary N) is 1. The summed E-state index contributed by atoms with van der Waals surface area (Å²) in [7, 11) is -3.03. The molecule has 0 aliphatic carbocycles. The number of benzene rings is 4. The highest BCUT2D eigenvalue weighted by molar-refractivity contribution is 8.00. The van der Waals surface area contributed by atoms with Crippen LogP contribution in [0.3, 0.4) is 0 Å². The fraction of sp³-hybridized carbons (Fsp3) is 0.231. The van der Waals surface area contributed by atoms with Crippen LogP contribution >= 0.6 is 11.8 Å². The molecule has 11 heteroatoms. The number of alkyl halides is 1. The van der Waals surface area contributed by atoms with Gasteiger partial charge in [0, 0.05) is 11.8 Å². The van der Waals surface area contributed by atoms with Gasteiger partial charge in [0.1, 0.15) is 11.2 Å². The van der Waals surface area contributed by atoms with Crippen LogP contribution in [0.2, 0.25) is 5.04 Å². The van der Waals surface area contributed by atoms with Gasteiger partial charge < -0.3 is 14.5 Å². The summed E-state index contributed by atoms with van der Waals surface area (Å²) in [6.45, 7) is 6.50. The average Bonchev–Trinajstić information content (AvgIpc) is 3.43. The zero-order valence-corrected chi connectivity index (χ0v) is 29.8. The molecule has 4 atom stereocenters. The number of carbonyl (C=O) groups excluding carboxylic acids is 2. The summed E-state index contributed by atoms with van der Waals surface area (Å²) in [5.41, 5.74) is -0.0599. The van der Waals surface area contributed by atoms with Gasteiger partial charge in [0.2, 0.25) is 0 Å². The molecule has 256 valence electrons. The van der Waals surface area contributed by atoms with E-state index in [-0.39, 0.29) is 23.0 Å². The van der Waals surface area contributed by atoms with Crippen LogP contribution in [0.4, 0.5) is 10.2 Å². The Morgan fingerprint density at radius 2 is 1.34 bits per heavy atom. The first kappa shape index (κ1) is 35.0. The lowest BCUT2D eigenvalue weighted by Crippen LogP contribution is -2.67. The van der Waals surface area contributed by atoms with E-state index in [2.05, 4.69) is 55.3 Å². The van der Waals surface area contributed by atoms with Gasteiger partial charge in [-0.3, -0.25) is 9.36 Å². The molecule has 2 heterocycles. The van der Waals surface area contributed by atoms with Crippen molar-refractivity contribution in [3.05, 3.63) is 155 Å². The quantitative estimate of drug-likeness (QED) is 0.135. The third kappa shape index (κ3) is 7.21. The Labute approximate surface area is 295 Å². The van der Waals surface area contributed by atoms with Crippen LogP contribution in [-0.4, -0.2) is 53.9 Å². The summed E-state index contributed by atoms with van der Waals surface area (Å²) in [6.07, 6.45) is -1.60. The molecule has 1 aromatic heterocycles. The number of esters is 1. The maximum Gasteiger partial charge on any atom is 0.350 e. The molecule has 1 aliphatic rings. The molecule has 4 aromatic carbocycles. The number of nitrogens with zero attached hydrogens (tertiary/aromatic N) is 2. The first-order chi connectivity index (χ1) is 24.1. The average molecular weight is 708 g/mol. The monoisotopic (exact) mass is 707 g/mol. The largest absolute Gasteiger partial charge is 0.454 e. The van der Waals surface area contributed by atoms with Gasteiger partial charge in [-0.2, -0.15) is 4.98 Å². The number of halogens is 1. The Bertz CT molecular complexity index is 1940. The molecular weight excluding hydrogens is 670 g/mol. The molecule has 1 saturated heterocycles. The lowest BCUT2D eigenvalue weighted by Gasteiger charge is -2.43. The molecule has 1 fully saturated rings. The van der Waals surface area contributed by atoms with Gasteiger partial charge in [-0.05, 0) is 45.7 Å². The third-order valence-corrected chi connectivity index (χ3v) is 15.3. The van der Waals surface area contributed by atoms with E-state index in [4.69, 9.17) is 9.16 Å². The van der Waals surface area contributed by atoms with Crippen LogP contribution < -0.4 is 21.4 Å². The van der Waals surface area contributed by atoms with Gasteiger partial charge in [0.15, 0.2) is 12.3 Å². The number of thioether (sulfide) groups is 1. The van der Waals surface area contributed by atoms with Gasteiger partial charge in [0.25, 0.3) is 14.2 Å². The predicted octanol–water partition coefficient (Wildman–Crippen LogP) is 6.25. The molecule has 0 radical (unpaired) electrons. The number of hydrogen-bond donors (Lipinski definition) is 1. The van der Waals surface area contributed by atoms with Crippen LogP contribution in [0.15, 0.2) is 138 Å². The van der Waals surface area contributed by atoms with Gasteiger partial charge in [-0.25, -0.2) is 14.0 Å². The SMILES string of the molecule is CC(C)(C)[Si](OC[C@H]1S[C@@H](n2ccc(NC(=O)c3ccccc3)nc2=O)[C@@H](F)[C@@H]1OC(=O)c1ccccc1)(c1ccccc1)c1ccccc1. The summed E-state index contributed by atoms with van der Waals surface area (Å²) >= 11 is 1.17. The molecule has 5 aromatic rings. The summed E-state index contributed by atoms with van der Waals surface area (Å²) in [6, 6.07) is 38.6. The maximum absolute atomic E-state index is 16.7. The molecule has 0 saturated carbocycles. The lowest BCUT2D eigenvalue weighted by molar-refractivity contribution is 0.00258. The van der Waals surface area contributed by atoms with Crippen molar-refractivity contribution in [1.82, 2.24) is 9.55 Å². The van der Waals surface area contributed by atoms with Crippen molar-refractivity contribution >= 4 is 48.1 Å². The highest BCUT2D eigenvalue weighted by Gasteiger charge is 2.53. The number of aromatic nitrogens is 2. The van der Waals surface area contributed by atoms with E-state index < -0.39 is 48.8 Å². The van der Waals surface area contributed by atoms with E-state index in [1.807, 2.05) is 36.4 Å². The highest BCUT2D eigenvalue weighted by Crippen LogP contribution is 2.46. The molecule has 0 spiro atoms. The molecule has 6 rings (SSSR count). The molecule has 8 nitrogen and oxygen atoms in total. The summed E-state index contributed by atoms with van der Waals surface area (Å²) in [5, 5.41) is 2.65. The molecular formula is C39H38FN3O5SSi. The minimum Gasteiger partial charge on any atom is -0.454 e.